The fourth-order valence-electron chi connectivity index (χ4n) is 3.14. The number of anilines is 1. The number of benzene rings is 1. The lowest BCUT2D eigenvalue weighted by Crippen LogP contribution is -2.37. The van der Waals surface area contributed by atoms with Crippen molar-refractivity contribution in [1.29, 1.82) is 0 Å². The van der Waals surface area contributed by atoms with Crippen LogP contribution in [0.4, 0.5) is 5.69 Å². The largest absolute Gasteiger partial charge is 0.348 e. The van der Waals surface area contributed by atoms with Gasteiger partial charge in [0.05, 0.1) is 6.54 Å². The van der Waals surface area contributed by atoms with E-state index in [0.717, 1.165) is 24.4 Å². The highest BCUT2D eigenvalue weighted by molar-refractivity contribution is 6.30. The van der Waals surface area contributed by atoms with Crippen LogP contribution < -0.4 is 10.2 Å². The van der Waals surface area contributed by atoms with Crippen molar-refractivity contribution < 1.29 is 9.59 Å². The average molecular weight is 360 g/mol. The Morgan fingerprint density at radius 3 is 2.72 bits per heavy atom. The van der Waals surface area contributed by atoms with Crippen LogP contribution in [0.2, 0.25) is 5.02 Å². The second-order valence-corrected chi connectivity index (χ2v) is 6.85. The molecule has 2 amide bonds. The van der Waals surface area contributed by atoms with E-state index in [4.69, 9.17) is 11.6 Å². The highest BCUT2D eigenvalue weighted by Crippen LogP contribution is 2.35. The molecule has 1 N–H and O–H groups in total. The Hall–Kier alpha value is -2.41. The van der Waals surface area contributed by atoms with Crippen molar-refractivity contribution in [1.82, 2.24) is 20.1 Å². The smallest absolute Gasteiger partial charge is 0.239 e. The Bertz CT molecular complexity index is 800. The molecule has 1 unspecified atom stereocenters. The Labute approximate surface area is 150 Å². The van der Waals surface area contributed by atoms with Crippen molar-refractivity contribution in [2.75, 3.05) is 11.4 Å². The van der Waals surface area contributed by atoms with Crippen LogP contribution in [-0.4, -0.2) is 33.1 Å². The predicted molar refractivity (Wildman–Crippen MR) is 92.1 cm³/mol. The molecule has 2 heterocycles. The number of nitrogens with one attached hydrogen (secondary N) is 1. The maximum absolute atomic E-state index is 12.6. The maximum atomic E-state index is 12.6. The van der Waals surface area contributed by atoms with Gasteiger partial charge in [0.2, 0.25) is 11.8 Å². The molecule has 130 valence electrons. The summed E-state index contributed by atoms with van der Waals surface area (Å²) in [7, 11) is 0. The zero-order chi connectivity index (χ0) is 17.4. The second-order valence-electron chi connectivity index (χ2n) is 6.41. The third-order valence-corrected chi connectivity index (χ3v) is 4.92. The molecule has 8 heteroatoms. The molecule has 2 fully saturated rings. The van der Waals surface area contributed by atoms with E-state index in [1.165, 1.54) is 0 Å². The number of hydrogen-bond acceptors (Lipinski definition) is 4. The van der Waals surface area contributed by atoms with E-state index in [-0.39, 0.29) is 11.8 Å². The standard InChI is InChI=1S/C17H18ClN5O2/c18-11-1-3-12(4-2-11)22-8-7-14(17(22)25)16(24)19-9-15-21-20-10-23(15)13-5-6-13/h1-4,10,13-14H,5-9H2,(H,19,24). The van der Waals surface area contributed by atoms with Gasteiger partial charge in [-0.05, 0) is 43.5 Å². The number of rotatable bonds is 5. The first kappa shape index (κ1) is 16.1. The van der Waals surface area contributed by atoms with E-state index in [9.17, 15) is 9.59 Å². The summed E-state index contributed by atoms with van der Waals surface area (Å²) in [6.45, 7) is 0.816. The van der Waals surface area contributed by atoms with Crippen molar-refractivity contribution in [2.45, 2.75) is 31.8 Å². The fourth-order valence-corrected chi connectivity index (χ4v) is 3.27. The first-order chi connectivity index (χ1) is 12.1. The van der Waals surface area contributed by atoms with E-state index in [0.29, 0.717) is 30.6 Å². The van der Waals surface area contributed by atoms with E-state index >= 15 is 0 Å². The van der Waals surface area contributed by atoms with Gasteiger partial charge in [-0.25, -0.2) is 0 Å². The minimum Gasteiger partial charge on any atom is -0.348 e. The first-order valence-corrected chi connectivity index (χ1v) is 8.74. The van der Waals surface area contributed by atoms with Crippen LogP contribution in [0.25, 0.3) is 0 Å². The zero-order valence-electron chi connectivity index (χ0n) is 13.6. The Morgan fingerprint density at radius 2 is 2.00 bits per heavy atom. The van der Waals surface area contributed by atoms with Gasteiger partial charge in [-0.1, -0.05) is 11.6 Å². The summed E-state index contributed by atoms with van der Waals surface area (Å²) < 4.78 is 2.00. The molecule has 0 spiro atoms. The van der Waals surface area contributed by atoms with E-state index < -0.39 is 5.92 Å². The van der Waals surface area contributed by atoms with E-state index in [1.807, 2.05) is 4.57 Å². The third kappa shape index (κ3) is 3.24. The number of amides is 2. The van der Waals surface area contributed by atoms with Gasteiger partial charge in [0.15, 0.2) is 5.82 Å². The van der Waals surface area contributed by atoms with Crippen LogP contribution >= 0.6 is 11.6 Å². The molecule has 7 nitrogen and oxygen atoms in total. The van der Waals surface area contributed by atoms with Crippen molar-refractivity contribution in [3.8, 4) is 0 Å². The van der Waals surface area contributed by atoms with Crippen LogP contribution in [0, 0.1) is 5.92 Å². The molecule has 25 heavy (non-hydrogen) atoms. The number of hydrogen-bond donors (Lipinski definition) is 1. The van der Waals surface area contributed by atoms with Gasteiger partial charge in [-0.15, -0.1) is 10.2 Å². The topological polar surface area (TPSA) is 80.1 Å². The molecule has 4 rings (SSSR count). The fraction of sp³-hybridized carbons (Fsp3) is 0.412. The minimum atomic E-state index is -0.659. The van der Waals surface area contributed by atoms with Gasteiger partial charge in [-0.2, -0.15) is 0 Å². The summed E-state index contributed by atoms with van der Waals surface area (Å²) in [6.07, 6.45) is 4.44. The summed E-state index contributed by atoms with van der Waals surface area (Å²) >= 11 is 5.88. The highest BCUT2D eigenvalue weighted by Gasteiger charge is 2.37. The lowest BCUT2D eigenvalue weighted by Gasteiger charge is -2.16. The normalized spacial score (nSPS) is 20.1. The van der Waals surface area contributed by atoms with E-state index in [2.05, 4.69) is 15.5 Å². The highest BCUT2D eigenvalue weighted by atomic mass is 35.5. The van der Waals surface area contributed by atoms with Gasteiger partial charge in [0, 0.05) is 23.3 Å². The van der Waals surface area contributed by atoms with Gasteiger partial charge in [0.25, 0.3) is 0 Å². The number of halogens is 1. The summed E-state index contributed by atoms with van der Waals surface area (Å²) in [5.41, 5.74) is 0.762. The van der Waals surface area contributed by atoms with Crippen LogP contribution in [0.3, 0.4) is 0 Å². The molecule has 1 aromatic heterocycles. The van der Waals surface area contributed by atoms with E-state index in [1.54, 1.807) is 35.5 Å². The molecule has 1 aliphatic heterocycles. The minimum absolute atomic E-state index is 0.177. The number of carbonyl (C=O) groups excluding carboxylic acids is 2. The average Bonchev–Trinajstić information content (AvgIpc) is 3.22. The molecule has 1 saturated heterocycles. The first-order valence-electron chi connectivity index (χ1n) is 8.36. The van der Waals surface area contributed by atoms with Crippen molar-refractivity contribution >= 4 is 29.1 Å². The lowest BCUT2D eigenvalue weighted by molar-refractivity contribution is -0.132. The molecule has 0 bridgehead atoms. The SMILES string of the molecule is O=C(NCc1nncn1C1CC1)C1CCN(c2ccc(Cl)cc2)C1=O. The van der Waals surface area contributed by atoms with Crippen molar-refractivity contribution in [2.24, 2.45) is 5.92 Å². The van der Waals surface area contributed by atoms with Crippen LogP contribution in [0.1, 0.15) is 31.1 Å². The van der Waals surface area contributed by atoms with Gasteiger partial charge < -0.3 is 14.8 Å². The van der Waals surface area contributed by atoms with Crippen molar-refractivity contribution in [3.05, 3.63) is 41.4 Å². The molecule has 2 aromatic rings. The van der Waals surface area contributed by atoms with Crippen LogP contribution in [0.5, 0.6) is 0 Å². The number of carbonyl (C=O) groups is 2. The molecule has 1 aromatic carbocycles. The predicted octanol–water partition coefficient (Wildman–Crippen LogP) is 1.94. The Kier molecular flexibility index (Phi) is 4.17. The van der Waals surface area contributed by atoms with Crippen LogP contribution in [-0.2, 0) is 16.1 Å². The molecular formula is C17H18ClN5O2. The summed E-state index contributed by atoms with van der Waals surface area (Å²) in [5, 5.41) is 11.4. The Balaban J connectivity index is 1.38. The lowest BCUT2D eigenvalue weighted by atomic mass is 10.1. The zero-order valence-corrected chi connectivity index (χ0v) is 14.3. The van der Waals surface area contributed by atoms with Gasteiger partial charge >= 0.3 is 0 Å². The third-order valence-electron chi connectivity index (χ3n) is 4.67. The van der Waals surface area contributed by atoms with Crippen LogP contribution in [0.15, 0.2) is 30.6 Å². The molecule has 1 atom stereocenters. The summed E-state index contributed by atoms with van der Waals surface area (Å²) in [4.78, 5) is 26.7. The quantitative estimate of drug-likeness (QED) is 0.827. The summed E-state index contributed by atoms with van der Waals surface area (Å²) in [6, 6.07) is 7.51. The number of nitrogens with zero attached hydrogens (tertiary/aromatic N) is 4. The van der Waals surface area contributed by atoms with Gasteiger partial charge in [0.1, 0.15) is 12.2 Å². The second kappa shape index (κ2) is 6.48. The molecule has 0 radical (unpaired) electrons. The summed E-state index contributed by atoms with van der Waals surface area (Å²) in [5.74, 6) is -0.362. The number of aromatic nitrogens is 3. The molecule has 1 saturated carbocycles. The van der Waals surface area contributed by atoms with Crippen molar-refractivity contribution in [3.63, 3.8) is 0 Å². The maximum Gasteiger partial charge on any atom is 0.239 e. The molecular weight excluding hydrogens is 342 g/mol. The molecule has 1 aliphatic carbocycles. The molecule has 2 aliphatic rings. The van der Waals surface area contributed by atoms with Gasteiger partial charge in [-0.3, -0.25) is 9.59 Å². The monoisotopic (exact) mass is 359 g/mol. The Morgan fingerprint density at radius 1 is 1.24 bits per heavy atom.